The molecule has 3 heteroatoms. The van der Waals surface area contributed by atoms with Crippen LogP contribution in [0.25, 0.3) is 73.4 Å². The smallest absolute Gasteiger partial charge is 0.0476 e. The van der Waals surface area contributed by atoms with Crippen molar-refractivity contribution in [2.75, 3.05) is 4.90 Å². The molecule has 0 spiro atoms. The van der Waals surface area contributed by atoms with Gasteiger partial charge in [-0.2, -0.15) is 0 Å². The van der Waals surface area contributed by atoms with Gasteiger partial charge < -0.3 is 4.90 Å². The quantitative estimate of drug-likeness (QED) is 0.178. The van der Waals surface area contributed by atoms with E-state index in [2.05, 4.69) is 181 Å². The maximum absolute atomic E-state index is 2.41. The molecule has 0 bridgehead atoms. The first-order chi connectivity index (χ1) is 24.3. The van der Waals surface area contributed by atoms with Gasteiger partial charge in [-0.1, -0.05) is 115 Å². The van der Waals surface area contributed by atoms with E-state index >= 15 is 0 Å². The van der Waals surface area contributed by atoms with Crippen LogP contribution in [0.3, 0.4) is 0 Å². The molecule has 10 aromatic rings. The van der Waals surface area contributed by atoms with Crippen molar-refractivity contribution < 1.29 is 0 Å². The van der Waals surface area contributed by atoms with Crippen molar-refractivity contribution in [1.82, 2.24) is 0 Å². The number of fused-ring (bicyclic) bond motifs is 7. The second-order valence-corrected chi connectivity index (χ2v) is 14.7. The summed E-state index contributed by atoms with van der Waals surface area (Å²) in [6.07, 6.45) is 0. The van der Waals surface area contributed by atoms with Crippen LogP contribution in [-0.2, 0) is 0 Å². The molecule has 0 saturated carbocycles. The van der Waals surface area contributed by atoms with Crippen LogP contribution in [-0.4, -0.2) is 0 Å². The first kappa shape index (κ1) is 28.3. The minimum atomic E-state index is 1.13. The predicted molar refractivity (Wildman–Crippen MR) is 215 cm³/mol. The molecular formula is C46H29NS2. The van der Waals surface area contributed by atoms with E-state index < -0.39 is 0 Å². The van der Waals surface area contributed by atoms with Crippen LogP contribution in [0.2, 0.25) is 0 Å². The maximum atomic E-state index is 2.41. The fourth-order valence-electron chi connectivity index (χ4n) is 7.30. The Morgan fingerprint density at radius 3 is 1.84 bits per heavy atom. The number of anilines is 3. The predicted octanol–water partition coefficient (Wildman–Crippen LogP) is 14.4. The molecule has 0 fully saturated rings. The number of hydrogen-bond acceptors (Lipinski definition) is 3. The van der Waals surface area contributed by atoms with Gasteiger partial charge in [0.1, 0.15) is 0 Å². The Labute approximate surface area is 292 Å². The van der Waals surface area contributed by atoms with E-state index in [1.807, 2.05) is 22.7 Å². The third kappa shape index (κ3) is 4.82. The average molecular weight is 660 g/mol. The third-order valence-electron chi connectivity index (χ3n) is 9.65. The van der Waals surface area contributed by atoms with Crippen LogP contribution in [0.15, 0.2) is 176 Å². The van der Waals surface area contributed by atoms with Gasteiger partial charge >= 0.3 is 0 Å². The minimum absolute atomic E-state index is 1.13. The Morgan fingerprint density at radius 2 is 0.959 bits per heavy atom. The fraction of sp³-hybridized carbons (Fsp3) is 0. The molecule has 0 radical (unpaired) electrons. The molecule has 0 atom stereocenters. The summed E-state index contributed by atoms with van der Waals surface area (Å²) < 4.78 is 5.26. The van der Waals surface area contributed by atoms with Gasteiger partial charge in [0.05, 0.1) is 0 Å². The average Bonchev–Trinajstić information content (AvgIpc) is 3.73. The van der Waals surface area contributed by atoms with Crippen molar-refractivity contribution in [3.8, 4) is 22.3 Å². The largest absolute Gasteiger partial charge is 0.310 e. The topological polar surface area (TPSA) is 3.24 Å². The highest BCUT2D eigenvalue weighted by Gasteiger charge is 2.17. The molecule has 2 heterocycles. The summed E-state index contributed by atoms with van der Waals surface area (Å²) in [7, 11) is 0. The van der Waals surface area contributed by atoms with Gasteiger partial charge in [0.25, 0.3) is 0 Å². The monoisotopic (exact) mass is 659 g/mol. The van der Waals surface area contributed by atoms with Crippen molar-refractivity contribution in [2.24, 2.45) is 0 Å². The summed E-state index contributed by atoms with van der Waals surface area (Å²) >= 11 is 3.73. The zero-order valence-electron chi connectivity index (χ0n) is 26.5. The highest BCUT2D eigenvalue weighted by Crippen LogP contribution is 2.44. The van der Waals surface area contributed by atoms with Crippen LogP contribution in [0.4, 0.5) is 17.1 Å². The second kappa shape index (κ2) is 11.5. The van der Waals surface area contributed by atoms with Crippen molar-refractivity contribution in [3.05, 3.63) is 176 Å². The van der Waals surface area contributed by atoms with Gasteiger partial charge in [-0.15, -0.1) is 22.7 Å². The van der Waals surface area contributed by atoms with Crippen molar-refractivity contribution >= 4 is 90.9 Å². The van der Waals surface area contributed by atoms with Gasteiger partial charge in [-0.05, 0) is 93.7 Å². The van der Waals surface area contributed by atoms with Crippen LogP contribution >= 0.6 is 22.7 Å². The summed E-state index contributed by atoms with van der Waals surface area (Å²) in [6, 6.07) is 64.5. The molecule has 0 aliphatic carbocycles. The standard InChI is InChI=1S/C46H29NS2/c1-2-10-32-27-33(20-19-30(32)9-1)31-21-23-35(24-22-31)47(37-25-26-40-39-13-3-5-16-42(39)49-45(40)29-37)36-12-7-11-34(28-36)38-15-8-18-44-46(38)41-14-4-6-17-43(41)48-44/h1-29H. The molecule has 0 aliphatic rings. The number of benzene rings is 8. The lowest BCUT2D eigenvalue weighted by atomic mass is 9.98. The Bertz CT molecular complexity index is 2840. The van der Waals surface area contributed by atoms with Crippen molar-refractivity contribution in [1.29, 1.82) is 0 Å². The lowest BCUT2D eigenvalue weighted by molar-refractivity contribution is 1.29. The molecule has 230 valence electrons. The van der Waals surface area contributed by atoms with E-state index in [4.69, 9.17) is 0 Å². The van der Waals surface area contributed by atoms with Gasteiger partial charge in [-0.3, -0.25) is 0 Å². The maximum Gasteiger partial charge on any atom is 0.0476 e. The Morgan fingerprint density at radius 1 is 0.327 bits per heavy atom. The molecule has 10 rings (SSSR count). The van der Waals surface area contributed by atoms with Gasteiger partial charge in [0.15, 0.2) is 0 Å². The molecule has 49 heavy (non-hydrogen) atoms. The van der Waals surface area contributed by atoms with E-state index in [1.54, 1.807) is 0 Å². The van der Waals surface area contributed by atoms with Gasteiger partial charge in [0, 0.05) is 57.4 Å². The molecule has 0 unspecified atom stereocenters. The van der Waals surface area contributed by atoms with E-state index in [0.29, 0.717) is 0 Å². The lowest BCUT2D eigenvalue weighted by Gasteiger charge is -2.26. The molecule has 8 aromatic carbocycles. The summed E-state index contributed by atoms with van der Waals surface area (Å²) in [5, 5.41) is 7.79. The van der Waals surface area contributed by atoms with Crippen LogP contribution in [0.1, 0.15) is 0 Å². The molecular weight excluding hydrogens is 631 g/mol. The van der Waals surface area contributed by atoms with Crippen molar-refractivity contribution in [2.45, 2.75) is 0 Å². The number of hydrogen-bond donors (Lipinski definition) is 0. The van der Waals surface area contributed by atoms with Crippen LogP contribution < -0.4 is 4.90 Å². The van der Waals surface area contributed by atoms with Gasteiger partial charge in [-0.25, -0.2) is 0 Å². The fourth-order valence-corrected chi connectivity index (χ4v) is 9.57. The molecule has 0 amide bonds. The summed E-state index contributed by atoms with van der Waals surface area (Å²) in [5.74, 6) is 0. The lowest BCUT2D eigenvalue weighted by Crippen LogP contribution is -2.10. The zero-order valence-corrected chi connectivity index (χ0v) is 28.1. The Balaban J connectivity index is 1.13. The second-order valence-electron chi connectivity index (χ2n) is 12.6. The normalized spacial score (nSPS) is 11.7. The molecule has 1 nitrogen and oxygen atoms in total. The SMILES string of the molecule is c1cc(-c2cccc3sc4ccccc4c23)cc(N(c2ccc(-c3ccc4ccccc4c3)cc2)c2ccc3c(c2)sc2ccccc23)c1. The van der Waals surface area contributed by atoms with E-state index in [-0.39, 0.29) is 0 Å². The molecule has 2 aromatic heterocycles. The summed E-state index contributed by atoms with van der Waals surface area (Å²) in [6.45, 7) is 0. The van der Waals surface area contributed by atoms with E-state index in [9.17, 15) is 0 Å². The Kier molecular flexibility index (Phi) is 6.61. The van der Waals surface area contributed by atoms with Crippen molar-refractivity contribution in [3.63, 3.8) is 0 Å². The molecule has 0 aliphatic heterocycles. The van der Waals surface area contributed by atoms with Gasteiger partial charge in [0.2, 0.25) is 0 Å². The highest BCUT2D eigenvalue weighted by molar-refractivity contribution is 7.26. The van der Waals surface area contributed by atoms with Crippen LogP contribution in [0, 0.1) is 0 Å². The number of nitrogens with zero attached hydrogens (tertiary/aromatic N) is 1. The summed E-state index contributed by atoms with van der Waals surface area (Å²) in [4.78, 5) is 2.41. The Hall–Kier alpha value is -5.74. The molecule has 0 saturated heterocycles. The molecule has 0 N–H and O–H groups in total. The number of rotatable bonds is 5. The van der Waals surface area contributed by atoms with E-state index in [1.165, 1.54) is 73.4 Å². The first-order valence-electron chi connectivity index (χ1n) is 16.6. The van der Waals surface area contributed by atoms with E-state index in [0.717, 1.165) is 17.1 Å². The van der Waals surface area contributed by atoms with Crippen LogP contribution in [0.5, 0.6) is 0 Å². The third-order valence-corrected chi connectivity index (χ3v) is 11.9. The minimum Gasteiger partial charge on any atom is -0.310 e. The first-order valence-corrected chi connectivity index (χ1v) is 18.2. The number of thiophene rings is 2. The summed E-state index contributed by atoms with van der Waals surface area (Å²) in [5.41, 5.74) is 8.32. The highest BCUT2D eigenvalue weighted by atomic mass is 32.1. The zero-order chi connectivity index (χ0) is 32.3.